The number of hydrogen-bond acceptors (Lipinski definition) is 3. The average molecular weight is 251 g/mol. The summed E-state index contributed by atoms with van der Waals surface area (Å²) in [5.41, 5.74) is 7.29. The van der Waals surface area contributed by atoms with Gasteiger partial charge in [0, 0.05) is 13.2 Å². The van der Waals surface area contributed by atoms with Crippen molar-refractivity contribution in [3.05, 3.63) is 29.8 Å². The summed E-state index contributed by atoms with van der Waals surface area (Å²) in [4.78, 5) is 0. The van der Waals surface area contributed by atoms with Gasteiger partial charge in [-0.1, -0.05) is 12.1 Å². The molecule has 0 aliphatic heterocycles. The fourth-order valence-electron chi connectivity index (χ4n) is 1.84. The van der Waals surface area contributed by atoms with Crippen molar-refractivity contribution in [1.29, 1.82) is 0 Å². The smallest absolute Gasteiger partial charge is 0.119 e. The molecule has 0 heterocycles. The van der Waals surface area contributed by atoms with E-state index in [4.69, 9.17) is 15.2 Å². The molecule has 1 aromatic carbocycles. The van der Waals surface area contributed by atoms with Crippen molar-refractivity contribution < 1.29 is 9.47 Å². The molecule has 3 nitrogen and oxygen atoms in total. The molecule has 0 bridgehead atoms. The lowest BCUT2D eigenvalue weighted by Crippen LogP contribution is -2.29. The van der Waals surface area contributed by atoms with Crippen LogP contribution in [0.15, 0.2) is 24.3 Å². The number of methoxy groups -OCH3 is 2. The first-order valence-electron chi connectivity index (χ1n) is 6.40. The van der Waals surface area contributed by atoms with Crippen molar-refractivity contribution in [2.24, 2.45) is 5.73 Å². The Bertz CT molecular complexity index is 363. The average Bonchev–Trinajstić information content (AvgIpc) is 2.37. The highest BCUT2D eigenvalue weighted by Gasteiger charge is 2.17. The van der Waals surface area contributed by atoms with Crippen LogP contribution in [0, 0.1) is 0 Å². The lowest BCUT2D eigenvalue weighted by Gasteiger charge is -2.24. The summed E-state index contributed by atoms with van der Waals surface area (Å²) in [7, 11) is 3.42. The Labute approximate surface area is 110 Å². The van der Waals surface area contributed by atoms with Crippen LogP contribution in [0.2, 0.25) is 0 Å². The van der Waals surface area contributed by atoms with Gasteiger partial charge in [-0.2, -0.15) is 0 Å². The van der Waals surface area contributed by atoms with Crippen LogP contribution in [0.4, 0.5) is 0 Å². The molecule has 1 unspecified atom stereocenters. The Balaban J connectivity index is 2.46. The minimum Gasteiger partial charge on any atom is -0.497 e. The second-order valence-corrected chi connectivity index (χ2v) is 5.32. The summed E-state index contributed by atoms with van der Waals surface area (Å²) in [6, 6.07) is 8.24. The van der Waals surface area contributed by atoms with Gasteiger partial charge in [0.15, 0.2) is 0 Å². The molecule has 3 heteroatoms. The summed E-state index contributed by atoms with van der Waals surface area (Å²) in [5.74, 6) is 0.886. The van der Waals surface area contributed by atoms with Crippen molar-refractivity contribution in [3.63, 3.8) is 0 Å². The minimum atomic E-state index is -0.0913. The summed E-state index contributed by atoms with van der Waals surface area (Å²) in [6.45, 7) is 4.18. The molecular formula is C15H25NO2. The molecule has 102 valence electrons. The third kappa shape index (κ3) is 5.07. The van der Waals surface area contributed by atoms with Crippen LogP contribution in [0.3, 0.4) is 0 Å². The Hall–Kier alpha value is -1.06. The second-order valence-electron chi connectivity index (χ2n) is 5.32. The van der Waals surface area contributed by atoms with Crippen LogP contribution in [-0.2, 0) is 11.2 Å². The van der Waals surface area contributed by atoms with Crippen molar-refractivity contribution in [2.75, 3.05) is 14.2 Å². The van der Waals surface area contributed by atoms with Gasteiger partial charge in [-0.05, 0) is 50.8 Å². The molecule has 2 N–H and O–H groups in total. The van der Waals surface area contributed by atoms with Crippen LogP contribution < -0.4 is 10.5 Å². The maximum Gasteiger partial charge on any atom is 0.119 e. The van der Waals surface area contributed by atoms with Crippen LogP contribution in [-0.4, -0.2) is 25.9 Å². The number of ether oxygens (including phenoxy) is 2. The molecule has 1 aromatic rings. The minimum absolute atomic E-state index is 0.0913. The number of benzene rings is 1. The predicted molar refractivity (Wildman–Crippen MR) is 75.0 cm³/mol. The lowest BCUT2D eigenvalue weighted by molar-refractivity contribution is 0.0125. The zero-order valence-corrected chi connectivity index (χ0v) is 11.9. The van der Waals surface area contributed by atoms with E-state index >= 15 is 0 Å². The van der Waals surface area contributed by atoms with Crippen LogP contribution in [0.1, 0.15) is 32.3 Å². The zero-order chi connectivity index (χ0) is 13.6. The highest BCUT2D eigenvalue weighted by molar-refractivity contribution is 5.28. The van der Waals surface area contributed by atoms with E-state index in [1.807, 2.05) is 18.2 Å². The molecule has 0 saturated heterocycles. The van der Waals surface area contributed by atoms with Gasteiger partial charge >= 0.3 is 0 Å². The maximum absolute atomic E-state index is 6.16. The largest absolute Gasteiger partial charge is 0.497 e. The van der Waals surface area contributed by atoms with Gasteiger partial charge in [0.2, 0.25) is 0 Å². The van der Waals surface area contributed by atoms with E-state index in [2.05, 4.69) is 19.9 Å². The Morgan fingerprint density at radius 1 is 1.28 bits per heavy atom. The molecular weight excluding hydrogens is 226 g/mol. The molecule has 18 heavy (non-hydrogen) atoms. The Morgan fingerprint density at radius 3 is 2.61 bits per heavy atom. The van der Waals surface area contributed by atoms with E-state index in [0.717, 1.165) is 25.0 Å². The highest BCUT2D eigenvalue weighted by Crippen LogP contribution is 2.19. The van der Waals surface area contributed by atoms with E-state index in [-0.39, 0.29) is 11.6 Å². The normalized spacial score (nSPS) is 13.4. The third-order valence-corrected chi connectivity index (χ3v) is 3.30. The van der Waals surface area contributed by atoms with Crippen molar-refractivity contribution in [1.82, 2.24) is 0 Å². The predicted octanol–water partition coefficient (Wildman–Crippen LogP) is 2.77. The first-order valence-corrected chi connectivity index (χ1v) is 6.40. The second kappa shape index (κ2) is 6.76. The lowest BCUT2D eigenvalue weighted by atomic mass is 9.95. The summed E-state index contributed by atoms with van der Waals surface area (Å²) < 4.78 is 10.6. The molecule has 1 rings (SSSR count). The van der Waals surface area contributed by atoms with Gasteiger partial charge in [-0.3, -0.25) is 0 Å². The monoisotopic (exact) mass is 251 g/mol. The van der Waals surface area contributed by atoms with Crippen LogP contribution in [0.5, 0.6) is 5.75 Å². The third-order valence-electron chi connectivity index (χ3n) is 3.30. The summed E-state index contributed by atoms with van der Waals surface area (Å²) in [6.07, 6.45) is 2.80. The summed E-state index contributed by atoms with van der Waals surface area (Å²) >= 11 is 0. The van der Waals surface area contributed by atoms with Crippen molar-refractivity contribution in [3.8, 4) is 5.75 Å². The van der Waals surface area contributed by atoms with Gasteiger partial charge < -0.3 is 15.2 Å². The van der Waals surface area contributed by atoms with Crippen molar-refractivity contribution in [2.45, 2.75) is 44.8 Å². The SMILES string of the molecule is COc1cccc(CC(N)CCC(C)(C)OC)c1. The fourth-order valence-corrected chi connectivity index (χ4v) is 1.84. The number of nitrogens with two attached hydrogens (primary N) is 1. The van der Waals surface area contributed by atoms with Crippen LogP contribution >= 0.6 is 0 Å². The quantitative estimate of drug-likeness (QED) is 0.810. The fraction of sp³-hybridized carbons (Fsp3) is 0.600. The Morgan fingerprint density at radius 2 is 2.00 bits per heavy atom. The van der Waals surface area contributed by atoms with E-state index in [9.17, 15) is 0 Å². The molecule has 0 amide bonds. The van der Waals surface area contributed by atoms with E-state index in [1.165, 1.54) is 5.56 Å². The summed E-state index contributed by atoms with van der Waals surface area (Å²) in [5, 5.41) is 0. The molecule has 0 saturated carbocycles. The molecule has 1 atom stereocenters. The Kier molecular flexibility index (Phi) is 5.63. The van der Waals surface area contributed by atoms with Gasteiger partial charge in [0.05, 0.1) is 12.7 Å². The first kappa shape index (κ1) is 15.0. The molecule has 0 aliphatic carbocycles. The topological polar surface area (TPSA) is 44.5 Å². The maximum atomic E-state index is 6.16. The van der Waals surface area contributed by atoms with Gasteiger partial charge in [-0.15, -0.1) is 0 Å². The van der Waals surface area contributed by atoms with Gasteiger partial charge in [0.1, 0.15) is 5.75 Å². The highest BCUT2D eigenvalue weighted by atomic mass is 16.5. The van der Waals surface area contributed by atoms with E-state index in [0.29, 0.717) is 0 Å². The standard InChI is InChI=1S/C15H25NO2/c1-15(2,18-4)9-8-13(16)10-12-6-5-7-14(11-12)17-3/h5-7,11,13H,8-10,16H2,1-4H3. The van der Waals surface area contributed by atoms with Crippen LogP contribution in [0.25, 0.3) is 0 Å². The van der Waals surface area contributed by atoms with Gasteiger partial charge in [-0.25, -0.2) is 0 Å². The van der Waals surface area contributed by atoms with E-state index in [1.54, 1.807) is 14.2 Å². The zero-order valence-electron chi connectivity index (χ0n) is 11.9. The molecule has 0 aromatic heterocycles. The van der Waals surface area contributed by atoms with Gasteiger partial charge in [0.25, 0.3) is 0 Å². The number of rotatable bonds is 7. The van der Waals surface area contributed by atoms with E-state index < -0.39 is 0 Å². The first-order chi connectivity index (χ1) is 8.46. The molecule has 0 radical (unpaired) electrons. The molecule has 0 spiro atoms. The van der Waals surface area contributed by atoms with Crippen molar-refractivity contribution >= 4 is 0 Å². The molecule has 0 fully saturated rings. The number of hydrogen-bond donors (Lipinski definition) is 1. The molecule has 0 aliphatic rings.